The zero-order chi connectivity index (χ0) is 15.6. The summed E-state index contributed by atoms with van der Waals surface area (Å²) in [6, 6.07) is 3.80. The van der Waals surface area contributed by atoms with Gasteiger partial charge in [-0.3, -0.25) is 0 Å². The molecule has 1 aliphatic rings. The van der Waals surface area contributed by atoms with Crippen LogP contribution in [0.4, 0.5) is 4.39 Å². The van der Waals surface area contributed by atoms with Gasteiger partial charge >= 0.3 is 0 Å². The van der Waals surface area contributed by atoms with Gasteiger partial charge in [0.15, 0.2) is 0 Å². The zero-order valence-corrected chi connectivity index (χ0v) is 13.4. The summed E-state index contributed by atoms with van der Waals surface area (Å²) in [5.74, 6) is 0.234. The molecular weight excluding hydrogens is 311 g/mol. The highest BCUT2D eigenvalue weighted by atomic mass is 32.2. The maximum absolute atomic E-state index is 13.8. The summed E-state index contributed by atoms with van der Waals surface area (Å²) >= 11 is 4.76. The average molecular weight is 330 g/mol. The number of rotatable bonds is 5. The third-order valence-corrected chi connectivity index (χ3v) is 5.55. The summed E-state index contributed by atoms with van der Waals surface area (Å²) in [5, 5.41) is 0. The Morgan fingerprint density at radius 3 is 2.76 bits per heavy atom. The highest BCUT2D eigenvalue weighted by Crippen LogP contribution is 2.30. The van der Waals surface area contributed by atoms with Crippen LogP contribution in [0.5, 0.6) is 0 Å². The van der Waals surface area contributed by atoms with Gasteiger partial charge < -0.3 is 5.73 Å². The summed E-state index contributed by atoms with van der Waals surface area (Å²) < 4.78 is 41.0. The van der Waals surface area contributed by atoms with E-state index < -0.39 is 15.8 Å². The maximum Gasteiger partial charge on any atom is 0.241 e. The SMILES string of the molecule is CC1CCC(CNS(=O)(=O)c2cccc(F)c2C(N)=S)C1. The van der Waals surface area contributed by atoms with Crippen LogP contribution in [0.2, 0.25) is 0 Å². The molecule has 1 saturated carbocycles. The number of benzene rings is 1. The molecule has 0 heterocycles. The van der Waals surface area contributed by atoms with Crippen LogP contribution in [-0.2, 0) is 10.0 Å². The topological polar surface area (TPSA) is 72.2 Å². The van der Waals surface area contributed by atoms with Gasteiger partial charge in [-0.1, -0.05) is 31.6 Å². The van der Waals surface area contributed by atoms with Gasteiger partial charge in [0, 0.05) is 6.54 Å². The lowest BCUT2D eigenvalue weighted by atomic mass is 10.1. The summed E-state index contributed by atoms with van der Waals surface area (Å²) in [4.78, 5) is -0.455. The molecule has 2 unspecified atom stereocenters. The first-order valence-corrected chi connectivity index (χ1v) is 8.78. The number of sulfonamides is 1. The van der Waals surface area contributed by atoms with E-state index in [1.807, 2.05) is 0 Å². The van der Waals surface area contributed by atoms with Crippen LogP contribution in [0.15, 0.2) is 23.1 Å². The monoisotopic (exact) mass is 330 g/mol. The van der Waals surface area contributed by atoms with Gasteiger partial charge in [0.05, 0.1) is 10.5 Å². The predicted molar refractivity (Wildman–Crippen MR) is 84.0 cm³/mol. The molecule has 21 heavy (non-hydrogen) atoms. The van der Waals surface area contributed by atoms with Gasteiger partial charge in [0.2, 0.25) is 10.0 Å². The fraction of sp³-hybridized carbons (Fsp3) is 0.500. The first-order chi connectivity index (χ1) is 9.81. The van der Waals surface area contributed by atoms with Crippen molar-refractivity contribution in [3.63, 3.8) is 0 Å². The molecule has 2 atom stereocenters. The number of hydrogen-bond donors (Lipinski definition) is 2. The third-order valence-electron chi connectivity index (χ3n) is 3.88. The highest BCUT2D eigenvalue weighted by Gasteiger charge is 2.26. The first kappa shape index (κ1) is 16.3. The molecule has 0 radical (unpaired) electrons. The minimum atomic E-state index is -3.82. The van der Waals surface area contributed by atoms with Gasteiger partial charge in [-0.15, -0.1) is 0 Å². The van der Waals surface area contributed by atoms with Crippen molar-refractivity contribution in [3.05, 3.63) is 29.6 Å². The van der Waals surface area contributed by atoms with E-state index in [1.54, 1.807) is 0 Å². The summed E-state index contributed by atoms with van der Waals surface area (Å²) in [6.45, 7) is 2.52. The van der Waals surface area contributed by atoms with Crippen molar-refractivity contribution in [2.45, 2.75) is 31.1 Å². The largest absolute Gasteiger partial charge is 0.389 e. The summed E-state index contributed by atoms with van der Waals surface area (Å²) in [5.41, 5.74) is 5.23. The van der Waals surface area contributed by atoms with Gasteiger partial charge in [0.1, 0.15) is 10.8 Å². The van der Waals surface area contributed by atoms with E-state index >= 15 is 0 Å². The van der Waals surface area contributed by atoms with Gasteiger partial charge in [-0.25, -0.2) is 17.5 Å². The Labute approximate surface area is 130 Å². The molecule has 1 aliphatic carbocycles. The number of halogens is 1. The standard InChI is InChI=1S/C14H19FN2O2S2/c1-9-5-6-10(7-9)8-17-21(18,19)12-4-2-3-11(15)13(12)14(16)20/h2-4,9-10,17H,5-8H2,1H3,(H2,16,20). The molecule has 4 nitrogen and oxygen atoms in total. The van der Waals surface area contributed by atoms with Crippen LogP contribution in [0, 0.1) is 17.7 Å². The van der Waals surface area contributed by atoms with Crippen molar-refractivity contribution in [2.75, 3.05) is 6.54 Å². The average Bonchev–Trinajstić information content (AvgIpc) is 2.82. The molecule has 0 saturated heterocycles. The van der Waals surface area contributed by atoms with E-state index in [4.69, 9.17) is 18.0 Å². The number of nitrogens with one attached hydrogen (secondary N) is 1. The van der Waals surface area contributed by atoms with Crippen molar-refractivity contribution in [1.29, 1.82) is 0 Å². The van der Waals surface area contributed by atoms with Crippen molar-refractivity contribution in [2.24, 2.45) is 17.6 Å². The van der Waals surface area contributed by atoms with Gasteiger partial charge in [-0.05, 0) is 36.8 Å². The lowest BCUT2D eigenvalue weighted by molar-refractivity contribution is 0.498. The summed E-state index contributed by atoms with van der Waals surface area (Å²) in [6.07, 6.45) is 3.13. The second-order valence-electron chi connectivity index (χ2n) is 5.61. The maximum atomic E-state index is 13.8. The summed E-state index contributed by atoms with van der Waals surface area (Å²) in [7, 11) is -3.82. The normalized spacial score (nSPS) is 22.4. The molecule has 0 aliphatic heterocycles. The number of nitrogens with two attached hydrogens (primary N) is 1. The minimum absolute atomic E-state index is 0.193. The third kappa shape index (κ3) is 3.78. The Balaban J connectivity index is 2.20. The van der Waals surface area contributed by atoms with Crippen LogP contribution >= 0.6 is 12.2 Å². The molecule has 7 heteroatoms. The Hall–Kier alpha value is -1.05. The quantitative estimate of drug-likeness (QED) is 0.812. The molecule has 0 amide bonds. The number of hydrogen-bond acceptors (Lipinski definition) is 3. The van der Waals surface area contributed by atoms with Crippen LogP contribution in [-0.4, -0.2) is 20.0 Å². The molecule has 0 aromatic heterocycles. The van der Waals surface area contributed by atoms with Crippen LogP contribution in [0.25, 0.3) is 0 Å². The molecule has 0 spiro atoms. The lowest BCUT2D eigenvalue weighted by Crippen LogP contribution is -2.30. The van der Waals surface area contributed by atoms with E-state index in [1.165, 1.54) is 12.1 Å². The smallest absolute Gasteiger partial charge is 0.241 e. The van der Waals surface area contributed by atoms with Gasteiger partial charge in [0.25, 0.3) is 0 Å². The first-order valence-electron chi connectivity index (χ1n) is 6.89. The van der Waals surface area contributed by atoms with Gasteiger partial charge in [-0.2, -0.15) is 0 Å². The second-order valence-corrected chi connectivity index (χ2v) is 7.79. The van der Waals surface area contributed by atoms with E-state index in [9.17, 15) is 12.8 Å². The highest BCUT2D eigenvalue weighted by molar-refractivity contribution is 7.89. The molecule has 3 N–H and O–H groups in total. The molecule has 1 aromatic rings. The molecular formula is C14H19FN2O2S2. The van der Waals surface area contributed by atoms with Crippen molar-refractivity contribution in [3.8, 4) is 0 Å². The van der Waals surface area contributed by atoms with Crippen molar-refractivity contribution >= 4 is 27.2 Å². The number of thiocarbonyl (C=S) groups is 1. The predicted octanol–water partition coefficient (Wildman–Crippen LogP) is 2.17. The molecule has 1 aromatic carbocycles. The molecule has 116 valence electrons. The molecule has 2 rings (SSSR count). The fourth-order valence-electron chi connectivity index (χ4n) is 2.78. The van der Waals surface area contributed by atoms with E-state index in [-0.39, 0.29) is 15.4 Å². The Bertz CT molecular complexity index is 646. The van der Waals surface area contributed by atoms with E-state index in [2.05, 4.69) is 11.6 Å². The van der Waals surface area contributed by atoms with Crippen molar-refractivity contribution < 1.29 is 12.8 Å². The zero-order valence-electron chi connectivity index (χ0n) is 11.8. The van der Waals surface area contributed by atoms with E-state index in [0.29, 0.717) is 18.4 Å². The minimum Gasteiger partial charge on any atom is -0.389 e. The Morgan fingerprint density at radius 1 is 1.48 bits per heavy atom. The fourth-order valence-corrected chi connectivity index (χ4v) is 4.40. The van der Waals surface area contributed by atoms with Crippen LogP contribution < -0.4 is 10.5 Å². The lowest BCUT2D eigenvalue weighted by Gasteiger charge is -2.14. The Kier molecular flexibility index (Phi) is 4.95. The van der Waals surface area contributed by atoms with Crippen LogP contribution in [0.3, 0.4) is 0 Å². The Morgan fingerprint density at radius 2 is 2.19 bits per heavy atom. The van der Waals surface area contributed by atoms with E-state index in [0.717, 1.165) is 25.3 Å². The van der Waals surface area contributed by atoms with Crippen molar-refractivity contribution in [1.82, 2.24) is 4.72 Å². The molecule has 0 bridgehead atoms. The van der Waals surface area contributed by atoms with Crippen LogP contribution in [0.1, 0.15) is 31.7 Å². The second kappa shape index (κ2) is 6.37. The molecule has 1 fully saturated rings.